The summed E-state index contributed by atoms with van der Waals surface area (Å²) in [7, 11) is 1.49. The summed E-state index contributed by atoms with van der Waals surface area (Å²) in [5, 5.41) is 21.9. The predicted octanol–water partition coefficient (Wildman–Crippen LogP) is 6.31. The maximum atomic E-state index is 15.8. The number of carbonyl (C=O) groups is 2. The van der Waals surface area contributed by atoms with Gasteiger partial charge in [0, 0.05) is 40.5 Å². The van der Waals surface area contributed by atoms with Crippen LogP contribution >= 0.6 is 11.3 Å². The van der Waals surface area contributed by atoms with E-state index in [2.05, 4.69) is 22.1 Å². The number of pyridine rings is 1. The van der Waals surface area contributed by atoms with E-state index in [1.165, 1.54) is 18.4 Å². The highest BCUT2D eigenvalue weighted by molar-refractivity contribution is 7.18. The van der Waals surface area contributed by atoms with Crippen molar-refractivity contribution in [1.82, 2.24) is 20.5 Å². The molecular formula is C32H28F2N4O5S. The zero-order valence-electron chi connectivity index (χ0n) is 23.8. The number of carboxylic acid groups (broad SMARTS) is 1. The van der Waals surface area contributed by atoms with Crippen LogP contribution in [0.3, 0.4) is 0 Å². The number of halogens is 2. The number of rotatable bonds is 12. The van der Waals surface area contributed by atoms with Crippen molar-refractivity contribution in [3.63, 3.8) is 0 Å². The number of nitrogens with one attached hydrogen (secondary N) is 2. The molecule has 44 heavy (non-hydrogen) atoms. The van der Waals surface area contributed by atoms with E-state index in [-0.39, 0.29) is 42.5 Å². The lowest BCUT2D eigenvalue weighted by Crippen LogP contribution is -2.24. The molecule has 3 heterocycles. The number of methoxy groups -OCH3 is 1. The first-order valence-corrected chi connectivity index (χ1v) is 14.4. The lowest BCUT2D eigenvalue weighted by atomic mass is 9.96. The number of aromatic nitrogens is 3. The van der Waals surface area contributed by atoms with E-state index >= 15 is 4.39 Å². The summed E-state index contributed by atoms with van der Waals surface area (Å²) in [6.45, 7) is 5.50. The summed E-state index contributed by atoms with van der Waals surface area (Å²) in [6.07, 6.45) is 1.03. The van der Waals surface area contributed by atoms with Crippen LogP contribution in [0.2, 0.25) is 0 Å². The van der Waals surface area contributed by atoms with Gasteiger partial charge < -0.3 is 19.9 Å². The molecule has 0 aliphatic rings. The molecule has 1 unspecified atom stereocenters. The van der Waals surface area contributed by atoms with E-state index < -0.39 is 23.6 Å². The highest BCUT2D eigenvalue weighted by Gasteiger charge is 2.27. The van der Waals surface area contributed by atoms with Crippen LogP contribution < -0.4 is 10.1 Å². The molecule has 0 fully saturated rings. The molecule has 1 atom stereocenters. The number of ether oxygens (including phenoxy) is 2. The topological polar surface area (TPSA) is 126 Å². The monoisotopic (exact) mass is 618 g/mol. The van der Waals surface area contributed by atoms with Gasteiger partial charge in [-0.25, -0.2) is 13.8 Å². The molecule has 0 saturated carbocycles. The predicted molar refractivity (Wildman–Crippen MR) is 163 cm³/mol. The Hall–Kier alpha value is -4.94. The maximum absolute atomic E-state index is 15.8. The first kappa shape index (κ1) is 30.5. The van der Waals surface area contributed by atoms with E-state index in [1.54, 1.807) is 37.3 Å². The van der Waals surface area contributed by atoms with Gasteiger partial charge in [-0.15, -0.1) is 11.3 Å². The number of H-pyrrole nitrogens is 1. The molecule has 2 aromatic carbocycles. The Morgan fingerprint density at radius 1 is 1.11 bits per heavy atom. The molecule has 1 amide bonds. The van der Waals surface area contributed by atoms with Crippen molar-refractivity contribution in [3.8, 4) is 39.5 Å². The van der Waals surface area contributed by atoms with Crippen molar-refractivity contribution in [2.24, 2.45) is 0 Å². The van der Waals surface area contributed by atoms with Crippen molar-refractivity contribution in [3.05, 3.63) is 89.5 Å². The summed E-state index contributed by atoms with van der Waals surface area (Å²) in [4.78, 5) is 28.1. The number of aromatic amines is 1. The molecule has 226 valence electrons. The molecule has 0 saturated heterocycles. The Kier molecular flexibility index (Phi) is 9.12. The number of carbonyl (C=O) groups excluding carboxylic acids is 1. The third-order valence-electron chi connectivity index (χ3n) is 6.86. The van der Waals surface area contributed by atoms with Crippen LogP contribution in [0, 0.1) is 11.6 Å². The molecule has 0 aliphatic carbocycles. The van der Waals surface area contributed by atoms with Gasteiger partial charge in [-0.2, -0.15) is 5.10 Å². The maximum Gasteiger partial charge on any atom is 0.307 e. The van der Waals surface area contributed by atoms with Crippen LogP contribution in [-0.2, 0) is 20.7 Å². The van der Waals surface area contributed by atoms with Gasteiger partial charge in [-0.3, -0.25) is 14.7 Å². The minimum Gasteiger partial charge on any atom is -0.490 e. The van der Waals surface area contributed by atoms with E-state index in [0.29, 0.717) is 43.9 Å². The third kappa shape index (κ3) is 6.36. The van der Waals surface area contributed by atoms with E-state index in [0.717, 1.165) is 18.2 Å². The number of thiophene rings is 1. The second-order valence-corrected chi connectivity index (χ2v) is 10.8. The average Bonchev–Trinajstić information content (AvgIpc) is 3.68. The summed E-state index contributed by atoms with van der Waals surface area (Å²) in [6, 6.07) is 12.0. The standard InChI is InChI=1S/C32H28F2N4O5S/c1-4-26(39)35-17(2)23-16-24(38-37-23)31-29(28-22(34)14-20(33)15-25(28)43-11-10-42-3)32-21(9-12-44-32)30(36-31)19-7-5-18(6-8-19)13-27(40)41/h4-9,12,14-17H,1,10-11,13H2,2-3H3,(H,35,39)(H,37,38)(H,40,41). The number of fused-ring (bicyclic) bond motifs is 1. The summed E-state index contributed by atoms with van der Waals surface area (Å²) >= 11 is 1.35. The number of amides is 1. The lowest BCUT2D eigenvalue weighted by molar-refractivity contribution is -0.136. The molecule has 9 nitrogen and oxygen atoms in total. The fourth-order valence-corrected chi connectivity index (χ4v) is 5.74. The Balaban J connectivity index is 1.75. The van der Waals surface area contributed by atoms with Crippen molar-refractivity contribution in [2.75, 3.05) is 20.3 Å². The van der Waals surface area contributed by atoms with Gasteiger partial charge in [0.2, 0.25) is 5.91 Å². The Labute approximate surface area is 255 Å². The van der Waals surface area contributed by atoms with Gasteiger partial charge in [-0.1, -0.05) is 30.8 Å². The normalized spacial score (nSPS) is 11.8. The molecule has 3 N–H and O–H groups in total. The van der Waals surface area contributed by atoms with E-state index in [9.17, 15) is 19.1 Å². The Morgan fingerprint density at radius 2 is 1.89 bits per heavy atom. The van der Waals surface area contributed by atoms with Crippen LogP contribution in [0.1, 0.15) is 24.2 Å². The van der Waals surface area contributed by atoms with Crippen molar-refractivity contribution < 1.29 is 33.0 Å². The zero-order valence-corrected chi connectivity index (χ0v) is 24.6. The molecule has 5 aromatic rings. The number of benzene rings is 2. The SMILES string of the molecule is C=CC(=O)NC(C)c1cc(-c2nc(-c3ccc(CC(=O)O)cc3)c3ccsc3c2-c2c(F)cc(F)cc2OCCOC)n[nH]1. The van der Waals surface area contributed by atoms with Gasteiger partial charge in [0.25, 0.3) is 0 Å². The number of hydrogen-bond acceptors (Lipinski definition) is 7. The first-order chi connectivity index (χ1) is 21.2. The number of hydrogen-bond donors (Lipinski definition) is 3. The van der Waals surface area contributed by atoms with Crippen LogP contribution in [0.15, 0.2) is 66.6 Å². The minimum absolute atomic E-state index is 0.0124. The van der Waals surface area contributed by atoms with Crippen LogP contribution in [0.4, 0.5) is 8.78 Å². The first-order valence-electron chi connectivity index (χ1n) is 13.5. The number of aliphatic carboxylic acids is 1. The largest absolute Gasteiger partial charge is 0.490 e. The third-order valence-corrected chi connectivity index (χ3v) is 7.79. The Morgan fingerprint density at radius 3 is 2.59 bits per heavy atom. The second kappa shape index (κ2) is 13.1. The fraction of sp³-hybridized carbons (Fsp3) is 0.188. The lowest BCUT2D eigenvalue weighted by Gasteiger charge is -2.17. The van der Waals surface area contributed by atoms with Gasteiger partial charge in [0.05, 0.1) is 36.0 Å². The molecule has 5 rings (SSSR count). The van der Waals surface area contributed by atoms with E-state index in [1.807, 2.05) is 11.4 Å². The average molecular weight is 619 g/mol. The highest BCUT2D eigenvalue weighted by Crippen LogP contribution is 2.47. The smallest absolute Gasteiger partial charge is 0.307 e. The zero-order chi connectivity index (χ0) is 31.4. The molecular weight excluding hydrogens is 590 g/mol. The molecule has 3 aromatic heterocycles. The van der Waals surface area contributed by atoms with Crippen LogP contribution in [-0.4, -0.2) is 52.5 Å². The second-order valence-electron chi connectivity index (χ2n) is 9.86. The van der Waals surface area contributed by atoms with Gasteiger partial charge in [0.15, 0.2) is 0 Å². The summed E-state index contributed by atoms with van der Waals surface area (Å²) in [5.74, 6) is -2.98. The van der Waals surface area contributed by atoms with E-state index in [4.69, 9.17) is 14.5 Å². The highest BCUT2D eigenvalue weighted by atomic mass is 32.1. The quantitative estimate of drug-likeness (QED) is 0.110. The van der Waals surface area contributed by atoms with Crippen LogP contribution in [0.25, 0.3) is 43.9 Å². The molecule has 0 spiro atoms. The summed E-state index contributed by atoms with van der Waals surface area (Å²) < 4.78 is 41.8. The molecule has 0 bridgehead atoms. The molecule has 0 radical (unpaired) electrons. The molecule has 12 heteroatoms. The minimum atomic E-state index is -0.944. The van der Waals surface area contributed by atoms with Crippen LogP contribution in [0.5, 0.6) is 5.75 Å². The van der Waals surface area contributed by atoms with Crippen molar-refractivity contribution >= 4 is 33.3 Å². The van der Waals surface area contributed by atoms with Crippen molar-refractivity contribution in [1.29, 1.82) is 0 Å². The van der Waals surface area contributed by atoms with Gasteiger partial charge in [0.1, 0.15) is 35.4 Å². The number of carboxylic acids is 1. The van der Waals surface area contributed by atoms with Crippen molar-refractivity contribution in [2.45, 2.75) is 19.4 Å². The van der Waals surface area contributed by atoms with Gasteiger partial charge >= 0.3 is 5.97 Å². The summed E-state index contributed by atoms with van der Waals surface area (Å²) in [5.41, 5.74) is 3.45. The fourth-order valence-electron chi connectivity index (χ4n) is 4.79. The van der Waals surface area contributed by atoms with Gasteiger partial charge in [-0.05, 0) is 36.1 Å². The Bertz CT molecular complexity index is 1850. The number of nitrogens with zero attached hydrogens (tertiary/aromatic N) is 2. The molecule has 0 aliphatic heterocycles.